The first-order chi connectivity index (χ1) is 8.54. The molecule has 1 unspecified atom stereocenters. The van der Waals surface area contributed by atoms with Crippen molar-refractivity contribution in [2.24, 2.45) is 11.7 Å². The predicted octanol–water partition coefficient (Wildman–Crippen LogP) is 1.67. The van der Waals surface area contributed by atoms with Gasteiger partial charge >= 0.3 is 0 Å². The average Bonchev–Trinajstić information content (AvgIpc) is 2.31. The maximum absolute atomic E-state index is 12.0. The van der Waals surface area contributed by atoms with E-state index in [1.807, 2.05) is 45.3 Å². The normalized spacial score (nSPS) is 12.5. The minimum atomic E-state index is -0.0533. The van der Waals surface area contributed by atoms with Gasteiger partial charge in [0.15, 0.2) is 0 Å². The van der Waals surface area contributed by atoms with Crippen molar-refractivity contribution in [3.05, 3.63) is 29.8 Å². The molecule has 0 spiro atoms. The molecule has 18 heavy (non-hydrogen) atoms. The first-order valence-corrected chi connectivity index (χ1v) is 6.28. The third kappa shape index (κ3) is 4.47. The van der Waals surface area contributed by atoms with Gasteiger partial charge in [0.05, 0.1) is 0 Å². The number of amides is 1. The zero-order valence-electron chi connectivity index (χ0n) is 11.4. The topological polar surface area (TPSA) is 58.4 Å². The van der Waals surface area contributed by atoms with E-state index in [2.05, 4.69) is 10.2 Å². The second kappa shape index (κ2) is 7.13. The van der Waals surface area contributed by atoms with Crippen LogP contribution in [0.1, 0.15) is 18.9 Å². The number of carbonyl (C=O) groups excluding carboxylic acids is 1. The number of hydrogen-bond acceptors (Lipinski definition) is 3. The minimum Gasteiger partial charge on any atom is -0.330 e. The molecule has 100 valence electrons. The van der Waals surface area contributed by atoms with E-state index in [9.17, 15) is 4.79 Å². The SMILES string of the molecule is CC(CCN)C(=O)Nc1ccccc1CN(C)C. The maximum atomic E-state index is 12.0. The summed E-state index contributed by atoms with van der Waals surface area (Å²) in [5.41, 5.74) is 7.48. The number of rotatable bonds is 6. The third-order valence-electron chi connectivity index (χ3n) is 2.81. The summed E-state index contributed by atoms with van der Waals surface area (Å²) in [6, 6.07) is 7.88. The fraction of sp³-hybridized carbons (Fsp3) is 0.500. The Morgan fingerprint density at radius 1 is 1.39 bits per heavy atom. The Balaban J connectivity index is 2.74. The van der Waals surface area contributed by atoms with Gasteiger partial charge in [-0.15, -0.1) is 0 Å². The first-order valence-electron chi connectivity index (χ1n) is 6.28. The molecular weight excluding hydrogens is 226 g/mol. The Morgan fingerprint density at radius 3 is 2.67 bits per heavy atom. The zero-order chi connectivity index (χ0) is 13.5. The molecule has 0 aliphatic rings. The summed E-state index contributed by atoms with van der Waals surface area (Å²) in [4.78, 5) is 14.0. The molecule has 0 heterocycles. The van der Waals surface area contributed by atoms with Crippen molar-refractivity contribution in [3.63, 3.8) is 0 Å². The van der Waals surface area contributed by atoms with Crippen LogP contribution in [0.3, 0.4) is 0 Å². The van der Waals surface area contributed by atoms with E-state index < -0.39 is 0 Å². The molecule has 0 bridgehead atoms. The van der Waals surface area contributed by atoms with Gasteiger partial charge < -0.3 is 16.0 Å². The molecule has 1 aromatic rings. The van der Waals surface area contributed by atoms with Crippen LogP contribution in [0.15, 0.2) is 24.3 Å². The standard InChI is InChI=1S/C14H23N3O/c1-11(8-9-15)14(18)16-13-7-5-4-6-12(13)10-17(2)3/h4-7,11H,8-10,15H2,1-3H3,(H,16,18). The van der Waals surface area contributed by atoms with Gasteiger partial charge in [-0.2, -0.15) is 0 Å². The summed E-state index contributed by atoms with van der Waals surface area (Å²) >= 11 is 0. The largest absolute Gasteiger partial charge is 0.330 e. The Bertz CT molecular complexity index is 390. The second-order valence-electron chi connectivity index (χ2n) is 4.86. The average molecular weight is 249 g/mol. The Labute approximate surface area is 109 Å². The van der Waals surface area contributed by atoms with E-state index >= 15 is 0 Å². The highest BCUT2D eigenvalue weighted by Crippen LogP contribution is 2.17. The number of nitrogens with one attached hydrogen (secondary N) is 1. The number of hydrogen-bond donors (Lipinski definition) is 2. The molecule has 3 N–H and O–H groups in total. The van der Waals surface area contributed by atoms with E-state index in [1.165, 1.54) is 0 Å². The highest BCUT2D eigenvalue weighted by atomic mass is 16.1. The van der Waals surface area contributed by atoms with Gasteiger partial charge in [0, 0.05) is 18.2 Å². The monoisotopic (exact) mass is 249 g/mol. The highest BCUT2D eigenvalue weighted by Gasteiger charge is 2.13. The Kier molecular flexibility index (Phi) is 5.82. The molecular formula is C14H23N3O. The van der Waals surface area contributed by atoms with Crippen molar-refractivity contribution in [1.29, 1.82) is 0 Å². The summed E-state index contributed by atoms with van der Waals surface area (Å²) in [5.74, 6) is -0.0194. The van der Waals surface area contributed by atoms with Gasteiger partial charge in [0.25, 0.3) is 0 Å². The first kappa shape index (κ1) is 14.7. The van der Waals surface area contributed by atoms with Crippen molar-refractivity contribution in [3.8, 4) is 0 Å². The third-order valence-corrected chi connectivity index (χ3v) is 2.81. The Morgan fingerprint density at radius 2 is 2.06 bits per heavy atom. The fourth-order valence-electron chi connectivity index (χ4n) is 1.76. The number of nitrogens with zero attached hydrogens (tertiary/aromatic N) is 1. The van der Waals surface area contributed by atoms with Crippen LogP contribution >= 0.6 is 0 Å². The molecule has 4 heteroatoms. The molecule has 0 aliphatic carbocycles. The van der Waals surface area contributed by atoms with Crippen LogP contribution in [0.25, 0.3) is 0 Å². The van der Waals surface area contributed by atoms with Crippen LogP contribution in [0.2, 0.25) is 0 Å². The molecule has 0 aliphatic heterocycles. The van der Waals surface area contributed by atoms with Gasteiger partial charge in [-0.1, -0.05) is 25.1 Å². The highest BCUT2D eigenvalue weighted by molar-refractivity contribution is 5.93. The molecule has 0 saturated carbocycles. The molecule has 0 aromatic heterocycles. The number of para-hydroxylation sites is 1. The van der Waals surface area contributed by atoms with Gasteiger partial charge in [-0.25, -0.2) is 0 Å². The van der Waals surface area contributed by atoms with Gasteiger partial charge in [-0.05, 0) is 38.7 Å². The fourth-order valence-corrected chi connectivity index (χ4v) is 1.76. The van der Waals surface area contributed by atoms with E-state index in [-0.39, 0.29) is 11.8 Å². The van der Waals surface area contributed by atoms with Crippen LogP contribution in [0.4, 0.5) is 5.69 Å². The van der Waals surface area contributed by atoms with Crippen molar-refractivity contribution in [2.75, 3.05) is 26.0 Å². The second-order valence-corrected chi connectivity index (χ2v) is 4.86. The summed E-state index contributed by atoms with van der Waals surface area (Å²) in [5, 5.41) is 2.98. The van der Waals surface area contributed by atoms with Crippen molar-refractivity contribution < 1.29 is 4.79 Å². The van der Waals surface area contributed by atoms with E-state index in [1.54, 1.807) is 0 Å². The molecule has 1 aromatic carbocycles. The maximum Gasteiger partial charge on any atom is 0.227 e. The molecule has 4 nitrogen and oxygen atoms in total. The Hall–Kier alpha value is -1.39. The summed E-state index contributed by atoms with van der Waals surface area (Å²) in [6.45, 7) is 3.24. The van der Waals surface area contributed by atoms with Crippen LogP contribution in [0.5, 0.6) is 0 Å². The van der Waals surface area contributed by atoms with Crippen molar-refractivity contribution in [2.45, 2.75) is 19.9 Å². The zero-order valence-corrected chi connectivity index (χ0v) is 11.4. The summed E-state index contributed by atoms with van der Waals surface area (Å²) in [7, 11) is 4.02. The van der Waals surface area contributed by atoms with E-state index in [0.717, 1.165) is 17.8 Å². The lowest BCUT2D eigenvalue weighted by Crippen LogP contribution is -2.24. The van der Waals surface area contributed by atoms with Gasteiger partial charge in [0.1, 0.15) is 0 Å². The van der Waals surface area contributed by atoms with Crippen LogP contribution < -0.4 is 11.1 Å². The minimum absolute atomic E-state index is 0.0339. The number of benzene rings is 1. The van der Waals surface area contributed by atoms with E-state index in [0.29, 0.717) is 13.0 Å². The predicted molar refractivity (Wildman–Crippen MR) is 75.3 cm³/mol. The molecule has 0 saturated heterocycles. The van der Waals surface area contributed by atoms with Crippen LogP contribution in [-0.2, 0) is 11.3 Å². The summed E-state index contributed by atoms with van der Waals surface area (Å²) in [6.07, 6.45) is 0.710. The smallest absolute Gasteiger partial charge is 0.227 e. The molecule has 1 rings (SSSR count). The van der Waals surface area contributed by atoms with Gasteiger partial charge in [-0.3, -0.25) is 4.79 Å². The van der Waals surface area contributed by atoms with Crippen LogP contribution in [-0.4, -0.2) is 31.4 Å². The molecule has 1 atom stereocenters. The molecule has 0 fully saturated rings. The van der Waals surface area contributed by atoms with Crippen molar-refractivity contribution in [1.82, 2.24) is 4.90 Å². The lowest BCUT2D eigenvalue weighted by Gasteiger charge is -2.16. The molecule has 0 radical (unpaired) electrons. The quantitative estimate of drug-likeness (QED) is 0.806. The summed E-state index contributed by atoms with van der Waals surface area (Å²) < 4.78 is 0. The van der Waals surface area contributed by atoms with Gasteiger partial charge in [0.2, 0.25) is 5.91 Å². The number of anilines is 1. The molecule has 1 amide bonds. The number of carbonyl (C=O) groups is 1. The lowest BCUT2D eigenvalue weighted by molar-refractivity contribution is -0.119. The lowest BCUT2D eigenvalue weighted by atomic mass is 10.1. The van der Waals surface area contributed by atoms with E-state index in [4.69, 9.17) is 5.73 Å². The van der Waals surface area contributed by atoms with Crippen molar-refractivity contribution >= 4 is 11.6 Å². The number of nitrogens with two attached hydrogens (primary N) is 1. The van der Waals surface area contributed by atoms with Crippen LogP contribution in [0, 0.1) is 5.92 Å².